The van der Waals surface area contributed by atoms with E-state index in [-0.39, 0.29) is 18.6 Å². The average molecular weight is 220 g/mol. The maximum absolute atomic E-state index is 9.88. The molecule has 8 nitrogen and oxygen atoms in total. The van der Waals surface area contributed by atoms with E-state index in [1.807, 2.05) is 0 Å². The topological polar surface area (TPSA) is 150 Å². The summed E-state index contributed by atoms with van der Waals surface area (Å²) >= 11 is 0. The van der Waals surface area contributed by atoms with Gasteiger partial charge in [0.15, 0.2) is 0 Å². The number of aliphatic carboxylic acids is 1. The Bertz CT molecular complexity index is 250. The number of primary amides is 1. The van der Waals surface area contributed by atoms with Crippen LogP contribution in [0.25, 0.3) is 0 Å². The fraction of sp³-hybridized carbons (Fsp3) is 0.286. The van der Waals surface area contributed by atoms with Crippen LogP contribution in [-0.2, 0) is 4.79 Å². The smallest absolute Gasteiger partial charge is 0.412 e. The molecule has 3 amide bonds. The molecule has 0 aromatic carbocycles. The first-order valence-corrected chi connectivity index (χ1v) is 3.62. The molecule has 0 saturated heterocycles. The van der Waals surface area contributed by atoms with Gasteiger partial charge in [0.2, 0.25) is 0 Å². The second-order valence-corrected chi connectivity index (χ2v) is 2.18. The second kappa shape index (κ2) is 8.51. The highest BCUT2D eigenvalue weighted by Crippen LogP contribution is 1.94. The molecule has 0 aromatic rings. The Labute approximate surface area is 85.0 Å². The maximum atomic E-state index is 9.88. The van der Waals surface area contributed by atoms with Crippen molar-refractivity contribution in [1.29, 1.82) is 0 Å². The monoisotopic (exact) mass is 220 g/mol. The zero-order valence-electron chi connectivity index (χ0n) is 7.77. The van der Waals surface area contributed by atoms with E-state index in [0.717, 1.165) is 0 Å². The largest absolute Gasteiger partial charge is 0.478 e. The first-order valence-electron chi connectivity index (χ1n) is 3.62. The molecule has 0 saturated carbocycles. The molecular formula is C7H12N2O6. The molecule has 0 unspecified atom stereocenters. The summed E-state index contributed by atoms with van der Waals surface area (Å²) in [5, 5.41) is 25.3. The maximum Gasteiger partial charge on any atom is 0.412 e. The van der Waals surface area contributed by atoms with Gasteiger partial charge in [-0.1, -0.05) is 6.58 Å². The number of carbonyl (C=O) groups excluding carboxylic acids is 1. The normalized spacial score (nSPS) is 8.07. The number of imide groups is 1. The SMILES string of the molecule is C=C(CCO)C(=O)O.NC(=O)NC(=O)O. The van der Waals surface area contributed by atoms with Gasteiger partial charge in [0.25, 0.3) is 0 Å². The highest BCUT2D eigenvalue weighted by molar-refractivity contribution is 5.88. The van der Waals surface area contributed by atoms with E-state index in [2.05, 4.69) is 12.3 Å². The standard InChI is InChI=1S/C5H8O3.C2H4N2O3/c1-4(2-3-6)5(7)8;3-1(5)4-2(6)7/h6H,1-3H2,(H,7,8);(H,6,7)(H3,3,4,5). The van der Waals surface area contributed by atoms with E-state index in [9.17, 15) is 14.4 Å². The number of rotatable bonds is 3. The van der Waals surface area contributed by atoms with Crippen molar-refractivity contribution in [2.45, 2.75) is 6.42 Å². The van der Waals surface area contributed by atoms with E-state index < -0.39 is 18.1 Å². The van der Waals surface area contributed by atoms with Crippen molar-refractivity contribution in [2.75, 3.05) is 6.61 Å². The van der Waals surface area contributed by atoms with E-state index >= 15 is 0 Å². The number of urea groups is 1. The van der Waals surface area contributed by atoms with Gasteiger partial charge in [0.1, 0.15) is 0 Å². The van der Waals surface area contributed by atoms with E-state index in [4.69, 9.17) is 15.3 Å². The Morgan fingerprint density at radius 3 is 1.80 bits per heavy atom. The van der Waals surface area contributed by atoms with Crippen molar-refractivity contribution >= 4 is 18.1 Å². The first-order chi connectivity index (χ1) is 6.81. The lowest BCUT2D eigenvalue weighted by Gasteiger charge is -1.91. The number of nitrogens with one attached hydrogen (secondary N) is 1. The minimum absolute atomic E-state index is 0.0486. The highest BCUT2D eigenvalue weighted by Gasteiger charge is 2.00. The van der Waals surface area contributed by atoms with Gasteiger partial charge in [0.05, 0.1) is 0 Å². The van der Waals surface area contributed by atoms with Crippen LogP contribution in [0.5, 0.6) is 0 Å². The average Bonchev–Trinajstić information content (AvgIpc) is 2.02. The summed E-state index contributed by atoms with van der Waals surface area (Å²) in [5.74, 6) is -1.04. The Balaban J connectivity index is 0. The molecule has 0 rings (SSSR count). The van der Waals surface area contributed by atoms with Crippen LogP contribution in [0.15, 0.2) is 12.2 Å². The fourth-order valence-electron chi connectivity index (χ4n) is 0.347. The van der Waals surface area contributed by atoms with Gasteiger partial charge in [-0.25, -0.2) is 19.7 Å². The van der Waals surface area contributed by atoms with Crippen LogP contribution >= 0.6 is 0 Å². The van der Waals surface area contributed by atoms with Crippen LogP contribution in [-0.4, -0.2) is 40.0 Å². The van der Waals surface area contributed by atoms with Crippen LogP contribution in [0.2, 0.25) is 0 Å². The van der Waals surface area contributed by atoms with Gasteiger partial charge >= 0.3 is 18.1 Å². The predicted molar refractivity (Wildman–Crippen MR) is 49.2 cm³/mol. The molecule has 8 heteroatoms. The summed E-state index contributed by atoms with van der Waals surface area (Å²) in [4.78, 5) is 28.8. The van der Waals surface area contributed by atoms with Crippen LogP contribution in [0, 0.1) is 0 Å². The number of amides is 3. The highest BCUT2D eigenvalue weighted by atomic mass is 16.4. The lowest BCUT2D eigenvalue weighted by Crippen LogP contribution is -2.33. The number of nitrogens with two attached hydrogens (primary N) is 1. The molecule has 0 aliphatic heterocycles. The summed E-state index contributed by atoms with van der Waals surface area (Å²) in [6, 6.07) is -1.06. The predicted octanol–water partition coefficient (Wildman–Crippen LogP) is -0.658. The number of hydrogen-bond donors (Lipinski definition) is 5. The molecule has 0 bridgehead atoms. The molecule has 6 N–H and O–H groups in total. The molecule has 0 radical (unpaired) electrons. The van der Waals surface area contributed by atoms with Crippen molar-refractivity contribution in [3.63, 3.8) is 0 Å². The zero-order valence-corrected chi connectivity index (χ0v) is 7.77. The summed E-state index contributed by atoms with van der Waals surface area (Å²) in [6.45, 7) is 3.04. The van der Waals surface area contributed by atoms with Gasteiger partial charge in [-0.15, -0.1) is 0 Å². The van der Waals surface area contributed by atoms with E-state index in [1.165, 1.54) is 5.32 Å². The third-order valence-electron chi connectivity index (χ3n) is 0.946. The van der Waals surface area contributed by atoms with Crippen LogP contribution in [0.3, 0.4) is 0 Å². The summed E-state index contributed by atoms with van der Waals surface area (Å²) < 4.78 is 0. The third-order valence-corrected chi connectivity index (χ3v) is 0.946. The van der Waals surface area contributed by atoms with E-state index in [0.29, 0.717) is 0 Å². The molecule has 0 aliphatic carbocycles. The van der Waals surface area contributed by atoms with Gasteiger partial charge in [-0.3, -0.25) is 0 Å². The fourth-order valence-corrected chi connectivity index (χ4v) is 0.347. The Morgan fingerprint density at radius 2 is 1.73 bits per heavy atom. The quantitative estimate of drug-likeness (QED) is 0.398. The molecular weight excluding hydrogens is 208 g/mol. The van der Waals surface area contributed by atoms with Gasteiger partial charge in [0, 0.05) is 18.6 Å². The molecule has 0 aromatic heterocycles. The number of carbonyl (C=O) groups is 3. The van der Waals surface area contributed by atoms with Gasteiger partial charge in [-0.2, -0.15) is 0 Å². The minimum atomic E-state index is -1.44. The number of carboxylic acids is 1. The number of aliphatic hydroxyl groups is 1. The summed E-state index contributed by atoms with van der Waals surface area (Å²) in [6.07, 6.45) is -1.29. The van der Waals surface area contributed by atoms with Crippen molar-refractivity contribution < 1.29 is 29.7 Å². The van der Waals surface area contributed by atoms with Crippen molar-refractivity contribution in [1.82, 2.24) is 5.32 Å². The van der Waals surface area contributed by atoms with Gasteiger partial charge < -0.3 is 21.1 Å². The molecule has 15 heavy (non-hydrogen) atoms. The number of carboxylic acid groups (broad SMARTS) is 2. The molecule has 0 heterocycles. The second-order valence-electron chi connectivity index (χ2n) is 2.18. The molecule has 86 valence electrons. The Kier molecular flexibility index (Phi) is 8.72. The number of hydrogen-bond acceptors (Lipinski definition) is 4. The summed E-state index contributed by atoms with van der Waals surface area (Å²) in [5.41, 5.74) is 4.41. The molecule has 0 atom stereocenters. The summed E-state index contributed by atoms with van der Waals surface area (Å²) in [7, 11) is 0. The van der Waals surface area contributed by atoms with Crippen molar-refractivity contribution in [3.05, 3.63) is 12.2 Å². The lowest BCUT2D eigenvalue weighted by atomic mass is 10.2. The Morgan fingerprint density at radius 1 is 1.27 bits per heavy atom. The van der Waals surface area contributed by atoms with Crippen LogP contribution in [0.4, 0.5) is 9.59 Å². The minimum Gasteiger partial charge on any atom is -0.478 e. The third kappa shape index (κ3) is 14.7. The zero-order chi connectivity index (χ0) is 12.4. The first kappa shape index (κ1) is 15.4. The molecule has 0 fully saturated rings. The molecule has 0 spiro atoms. The Hall–Kier alpha value is -2.09. The lowest BCUT2D eigenvalue weighted by molar-refractivity contribution is -0.132. The van der Waals surface area contributed by atoms with E-state index in [1.54, 1.807) is 0 Å². The van der Waals surface area contributed by atoms with Crippen LogP contribution < -0.4 is 11.1 Å². The number of aliphatic hydroxyl groups excluding tert-OH is 1. The van der Waals surface area contributed by atoms with Gasteiger partial charge in [-0.05, 0) is 0 Å². The van der Waals surface area contributed by atoms with Crippen molar-refractivity contribution in [3.8, 4) is 0 Å². The van der Waals surface area contributed by atoms with Crippen molar-refractivity contribution in [2.24, 2.45) is 5.73 Å². The van der Waals surface area contributed by atoms with Crippen LogP contribution in [0.1, 0.15) is 6.42 Å². The molecule has 0 aliphatic rings.